The van der Waals surface area contributed by atoms with Crippen LogP contribution in [0.2, 0.25) is 0 Å². The molecule has 2 atom stereocenters. The molecule has 1 fully saturated rings. The van der Waals surface area contributed by atoms with E-state index in [-0.39, 0.29) is 0 Å². The van der Waals surface area contributed by atoms with E-state index in [1.165, 1.54) is 0 Å². The van der Waals surface area contributed by atoms with Crippen molar-refractivity contribution in [3.05, 3.63) is 83.9 Å². The molecular formula is C21H14N2O2. The average molecular weight is 326 g/mol. The van der Waals surface area contributed by atoms with Gasteiger partial charge in [0.2, 0.25) is 0 Å². The van der Waals surface area contributed by atoms with Crippen molar-refractivity contribution in [3.63, 3.8) is 0 Å². The maximum Gasteiger partial charge on any atom is 0.274 e. The Morgan fingerprint density at radius 1 is 0.800 bits per heavy atom. The summed E-state index contributed by atoms with van der Waals surface area (Å²) in [6.45, 7) is 0. The molecule has 4 rings (SSSR count). The van der Waals surface area contributed by atoms with E-state index in [9.17, 15) is 10.5 Å². The summed E-state index contributed by atoms with van der Waals surface area (Å²) in [6.07, 6.45) is -1.55. The number of hydrogen-bond donors (Lipinski definition) is 0. The van der Waals surface area contributed by atoms with Gasteiger partial charge >= 0.3 is 0 Å². The lowest BCUT2D eigenvalue weighted by Crippen LogP contribution is -2.30. The predicted molar refractivity (Wildman–Crippen MR) is 92.0 cm³/mol. The predicted octanol–water partition coefficient (Wildman–Crippen LogP) is 4.41. The quantitative estimate of drug-likeness (QED) is 0.699. The van der Waals surface area contributed by atoms with E-state index in [0.29, 0.717) is 0 Å². The largest absolute Gasteiger partial charge is 0.335 e. The van der Waals surface area contributed by atoms with Gasteiger partial charge in [0.25, 0.3) is 5.60 Å². The zero-order chi connectivity index (χ0) is 17.3. The Morgan fingerprint density at radius 3 is 2.24 bits per heavy atom. The third kappa shape index (κ3) is 2.45. The Kier molecular flexibility index (Phi) is 3.71. The summed E-state index contributed by atoms with van der Waals surface area (Å²) in [5.74, 6) is 0. The number of fused-ring (bicyclic) bond motifs is 1. The number of hydrogen-bond acceptors (Lipinski definition) is 4. The van der Waals surface area contributed by atoms with Gasteiger partial charge in [0.05, 0.1) is 0 Å². The van der Waals surface area contributed by atoms with Crippen molar-refractivity contribution in [2.75, 3.05) is 0 Å². The van der Waals surface area contributed by atoms with E-state index in [4.69, 9.17) is 9.47 Å². The zero-order valence-electron chi connectivity index (χ0n) is 13.3. The van der Waals surface area contributed by atoms with Crippen molar-refractivity contribution in [1.29, 1.82) is 10.5 Å². The fraction of sp³-hybridized carbons (Fsp3) is 0.143. The highest BCUT2D eigenvalue weighted by Crippen LogP contribution is 2.47. The molecule has 0 amide bonds. The van der Waals surface area contributed by atoms with Crippen LogP contribution in [0.1, 0.15) is 23.5 Å². The van der Waals surface area contributed by atoms with E-state index in [1.807, 2.05) is 84.9 Å². The smallest absolute Gasteiger partial charge is 0.274 e. The summed E-state index contributed by atoms with van der Waals surface area (Å²) >= 11 is 0. The average Bonchev–Trinajstić information content (AvgIpc) is 3.08. The molecule has 120 valence electrons. The number of rotatable bonds is 2. The van der Waals surface area contributed by atoms with Gasteiger partial charge in [-0.05, 0) is 16.3 Å². The molecule has 1 heterocycles. The molecule has 3 aromatic carbocycles. The van der Waals surface area contributed by atoms with Crippen LogP contribution < -0.4 is 0 Å². The van der Waals surface area contributed by atoms with Crippen molar-refractivity contribution in [1.82, 2.24) is 0 Å². The second kappa shape index (κ2) is 6.03. The monoisotopic (exact) mass is 326 g/mol. The van der Waals surface area contributed by atoms with Gasteiger partial charge in [0.15, 0.2) is 6.29 Å². The first-order chi connectivity index (χ1) is 12.3. The van der Waals surface area contributed by atoms with Crippen LogP contribution in [-0.2, 0) is 9.47 Å². The molecule has 0 N–H and O–H groups in total. The number of nitrogens with zero attached hydrogens (tertiary/aromatic N) is 2. The van der Waals surface area contributed by atoms with Gasteiger partial charge in [-0.2, -0.15) is 10.5 Å². The van der Waals surface area contributed by atoms with Crippen LogP contribution in [0.4, 0.5) is 0 Å². The minimum Gasteiger partial charge on any atom is -0.335 e. The molecule has 4 nitrogen and oxygen atoms in total. The number of nitriles is 2. The van der Waals surface area contributed by atoms with E-state index < -0.39 is 18.0 Å². The second-order valence-electron chi connectivity index (χ2n) is 5.90. The number of benzene rings is 3. The van der Waals surface area contributed by atoms with Crippen LogP contribution in [0, 0.1) is 22.7 Å². The van der Waals surface area contributed by atoms with Gasteiger partial charge in [-0.15, -0.1) is 0 Å². The molecule has 4 heteroatoms. The van der Waals surface area contributed by atoms with Gasteiger partial charge < -0.3 is 9.47 Å². The summed E-state index contributed by atoms with van der Waals surface area (Å²) < 4.78 is 11.9. The van der Waals surface area contributed by atoms with Crippen LogP contribution in [0.5, 0.6) is 0 Å². The molecule has 3 aromatic rings. The first-order valence-corrected chi connectivity index (χ1v) is 7.96. The molecule has 0 saturated carbocycles. The van der Waals surface area contributed by atoms with Crippen LogP contribution in [0.25, 0.3) is 10.8 Å². The molecule has 0 aliphatic carbocycles. The van der Waals surface area contributed by atoms with Crippen molar-refractivity contribution < 1.29 is 9.47 Å². The highest BCUT2D eigenvalue weighted by Gasteiger charge is 2.53. The molecule has 1 aliphatic rings. The fourth-order valence-electron chi connectivity index (χ4n) is 3.20. The maximum atomic E-state index is 9.71. The standard InChI is InChI=1S/C21H14N2O2/c22-13-21(14-23)19(24-20(25-21)16-8-2-1-3-9-16)18-12-6-10-15-7-4-5-11-17(15)18/h1-12,19-20H/t19-,20+/m0/s1. The summed E-state index contributed by atoms with van der Waals surface area (Å²) in [6, 6.07) is 27.0. The maximum absolute atomic E-state index is 9.71. The van der Waals surface area contributed by atoms with E-state index in [0.717, 1.165) is 21.9 Å². The minimum atomic E-state index is -1.69. The van der Waals surface area contributed by atoms with Crippen LogP contribution in [-0.4, -0.2) is 5.60 Å². The Balaban J connectivity index is 1.84. The third-order valence-electron chi connectivity index (χ3n) is 4.43. The lowest BCUT2D eigenvalue weighted by atomic mass is 9.90. The Bertz CT molecular complexity index is 982. The molecule has 0 unspecified atom stereocenters. The van der Waals surface area contributed by atoms with Crippen molar-refractivity contribution in [2.24, 2.45) is 0 Å². The first kappa shape index (κ1) is 15.4. The Hall–Kier alpha value is -3.18. The molecule has 0 aromatic heterocycles. The number of ether oxygens (including phenoxy) is 2. The molecule has 25 heavy (non-hydrogen) atoms. The summed E-state index contributed by atoms with van der Waals surface area (Å²) in [5.41, 5.74) is -0.135. The van der Waals surface area contributed by atoms with Gasteiger partial charge in [-0.25, -0.2) is 0 Å². The van der Waals surface area contributed by atoms with Crippen molar-refractivity contribution >= 4 is 10.8 Å². The van der Waals surface area contributed by atoms with Crippen molar-refractivity contribution in [3.8, 4) is 12.1 Å². The third-order valence-corrected chi connectivity index (χ3v) is 4.43. The van der Waals surface area contributed by atoms with Crippen molar-refractivity contribution in [2.45, 2.75) is 18.0 Å². The summed E-state index contributed by atoms with van der Waals surface area (Å²) in [4.78, 5) is 0. The topological polar surface area (TPSA) is 66.0 Å². The van der Waals surface area contributed by atoms with E-state index in [2.05, 4.69) is 0 Å². The lowest BCUT2D eigenvalue weighted by Gasteiger charge is -2.19. The van der Waals surface area contributed by atoms with Gasteiger partial charge in [0.1, 0.15) is 18.2 Å². The molecule has 0 bridgehead atoms. The second-order valence-corrected chi connectivity index (χ2v) is 5.90. The van der Waals surface area contributed by atoms with Crippen LogP contribution >= 0.6 is 0 Å². The van der Waals surface area contributed by atoms with Gasteiger partial charge in [-0.3, -0.25) is 0 Å². The Morgan fingerprint density at radius 2 is 1.48 bits per heavy atom. The van der Waals surface area contributed by atoms with Gasteiger partial charge in [-0.1, -0.05) is 72.8 Å². The first-order valence-electron chi connectivity index (χ1n) is 7.96. The minimum absolute atomic E-state index is 0.760. The van der Waals surface area contributed by atoms with E-state index in [1.54, 1.807) is 0 Å². The molecule has 1 aliphatic heterocycles. The van der Waals surface area contributed by atoms with Crippen LogP contribution in [0.3, 0.4) is 0 Å². The molecule has 0 spiro atoms. The zero-order valence-corrected chi connectivity index (χ0v) is 13.3. The summed E-state index contributed by atoms with van der Waals surface area (Å²) in [7, 11) is 0. The highest BCUT2D eigenvalue weighted by atomic mass is 16.7. The fourth-order valence-corrected chi connectivity index (χ4v) is 3.20. The van der Waals surface area contributed by atoms with E-state index >= 15 is 0 Å². The molecular weight excluding hydrogens is 312 g/mol. The Labute approximate surface area is 145 Å². The molecule has 1 saturated heterocycles. The normalized spacial score (nSPS) is 21.5. The van der Waals surface area contributed by atoms with Crippen LogP contribution in [0.15, 0.2) is 72.8 Å². The SMILES string of the molecule is N#CC1(C#N)O[C@H](c2ccccc2)O[C@H]1c1cccc2ccccc12. The molecule has 0 radical (unpaired) electrons. The highest BCUT2D eigenvalue weighted by molar-refractivity contribution is 5.86. The lowest BCUT2D eigenvalue weighted by molar-refractivity contribution is -0.0717. The van der Waals surface area contributed by atoms with Gasteiger partial charge in [0, 0.05) is 5.56 Å². The summed E-state index contributed by atoms with van der Waals surface area (Å²) in [5, 5.41) is 21.4.